The van der Waals surface area contributed by atoms with Gasteiger partial charge < -0.3 is 9.47 Å². The number of carbonyl (C=O) groups is 2. The Morgan fingerprint density at radius 3 is 1.44 bits per heavy atom. The van der Waals surface area contributed by atoms with E-state index in [9.17, 15) is 9.59 Å². The Hall–Kier alpha value is -1.06. The Balaban J connectivity index is 2.33. The molecule has 0 aromatic carbocycles. The normalized spacial score (nSPS) is 24.9. The summed E-state index contributed by atoms with van der Waals surface area (Å²) in [6, 6.07) is 0. The number of hydrogen-bond acceptors (Lipinski definition) is 4. The van der Waals surface area contributed by atoms with E-state index in [1.165, 1.54) is 0 Å². The highest BCUT2D eigenvalue weighted by atomic mass is 16.5. The first-order valence-corrected chi connectivity index (χ1v) is 5.60. The second kappa shape index (κ2) is 6.51. The molecular weight excluding hydrogens is 208 g/mol. The fourth-order valence-corrected chi connectivity index (χ4v) is 2.00. The van der Waals surface area contributed by atoms with Gasteiger partial charge in [-0.1, -0.05) is 0 Å². The van der Waals surface area contributed by atoms with Crippen molar-refractivity contribution < 1.29 is 19.1 Å². The number of rotatable bonds is 4. The third-order valence-electron chi connectivity index (χ3n) is 2.88. The van der Waals surface area contributed by atoms with Gasteiger partial charge in [-0.15, -0.1) is 0 Å². The van der Waals surface area contributed by atoms with E-state index in [0.717, 1.165) is 0 Å². The average molecular weight is 226 g/mol. The summed E-state index contributed by atoms with van der Waals surface area (Å²) < 4.78 is 9.70. The molecule has 0 amide bonds. The summed E-state index contributed by atoms with van der Waals surface area (Å²) in [7, 11) is 0. The summed E-state index contributed by atoms with van der Waals surface area (Å²) in [5.41, 5.74) is 0. The number of ether oxygens (including phenoxy) is 2. The van der Waals surface area contributed by atoms with Gasteiger partial charge in [0.15, 0.2) is 0 Å². The minimum atomic E-state index is -0.195. The second-order valence-electron chi connectivity index (χ2n) is 3.88. The molecule has 0 saturated heterocycles. The van der Waals surface area contributed by atoms with Gasteiger partial charge in [0, 0.05) is 0 Å². The summed E-state index contributed by atoms with van der Waals surface area (Å²) in [5.74, 6) is -0.547. The van der Waals surface area contributed by atoms with Gasteiger partial charge in [-0.3, -0.25) is 9.59 Å². The lowest BCUT2D eigenvalue weighted by molar-refractivity contribution is -0.153. The van der Waals surface area contributed by atoms with E-state index in [1.807, 2.05) is 0 Å². The fourth-order valence-electron chi connectivity index (χ4n) is 2.00. The number of carbonyl (C=O) groups excluding carboxylic acids is 2. The third-order valence-corrected chi connectivity index (χ3v) is 2.88. The number of esters is 2. The molecule has 1 saturated carbocycles. The molecule has 0 spiro atoms. The summed E-state index contributed by atoms with van der Waals surface area (Å²) in [5, 5.41) is 0. The van der Waals surface area contributed by atoms with Crippen molar-refractivity contribution >= 4 is 11.9 Å². The summed E-state index contributed by atoms with van der Waals surface area (Å²) in [4.78, 5) is 22.8. The first kappa shape index (κ1) is 13.0. The van der Waals surface area contributed by atoms with Gasteiger partial charge in [0.1, 0.15) is 0 Å². The van der Waals surface area contributed by atoms with Gasteiger partial charge in [0.25, 0.3) is 0 Å². The molecule has 2 radical (unpaired) electrons. The average Bonchev–Trinajstić information content (AvgIpc) is 2.30. The Labute approximate surface area is 96.3 Å². The van der Waals surface area contributed by atoms with E-state index in [1.54, 1.807) is 0 Å². The van der Waals surface area contributed by atoms with E-state index in [-0.39, 0.29) is 37.0 Å². The topological polar surface area (TPSA) is 52.6 Å². The van der Waals surface area contributed by atoms with Gasteiger partial charge in [-0.25, -0.2) is 0 Å². The highest BCUT2D eigenvalue weighted by Gasteiger charge is 2.31. The highest BCUT2D eigenvalue weighted by Crippen LogP contribution is 2.30. The van der Waals surface area contributed by atoms with Crippen LogP contribution in [0, 0.1) is 25.7 Å². The minimum absolute atomic E-state index is 0.0782. The van der Waals surface area contributed by atoms with Gasteiger partial charge >= 0.3 is 11.9 Å². The predicted octanol–water partition coefficient (Wildman–Crippen LogP) is 1.55. The van der Waals surface area contributed by atoms with Crippen molar-refractivity contribution in [2.75, 3.05) is 13.2 Å². The van der Waals surface area contributed by atoms with Crippen molar-refractivity contribution in [3.05, 3.63) is 13.8 Å². The Morgan fingerprint density at radius 1 is 0.875 bits per heavy atom. The molecule has 1 fully saturated rings. The summed E-state index contributed by atoms with van der Waals surface area (Å²) in [6.07, 6.45) is 2.76. The molecule has 0 aromatic heterocycles. The zero-order chi connectivity index (χ0) is 12.0. The molecule has 0 bridgehead atoms. The van der Waals surface area contributed by atoms with E-state index >= 15 is 0 Å². The van der Waals surface area contributed by atoms with Crippen molar-refractivity contribution in [1.82, 2.24) is 0 Å². The monoisotopic (exact) mass is 226 g/mol. The lowest BCUT2D eigenvalue weighted by atomic mass is 9.82. The SMILES string of the molecule is [CH2]COC(=O)C1CCC(C(=O)OC[CH2])CC1. The molecule has 0 N–H and O–H groups in total. The lowest BCUT2D eigenvalue weighted by Gasteiger charge is -2.25. The molecule has 1 rings (SSSR count). The van der Waals surface area contributed by atoms with Gasteiger partial charge in [0.05, 0.1) is 25.0 Å². The first-order valence-electron chi connectivity index (χ1n) is 5.60. The standard InChI is InChI=1S/C12H18O4/c1-3-15-11(13)9-5-7-10(8-6-9)12(14)16-4-2/h9-10H,1-8H2. The third kappa shape index (κ3) is 3.51. The van der Waals surface area contributed by atoms with Crippen molar-refractivity contribution in [3.63, 3.8) is 0 Å². The van der Waals surface area contributed by atoms with Gasteiger partial charge in [-0.2, -0.15) is 0 Å². The minimum Gasteiger partial charge on any atom is -0.465 e. The molecule has 1 aliphatic rings. The van der Waals surface area contributed by atoms with Crippen LogP contribution in [0.15, 0.2) is 0 Å². The molecule has 0 aliphatic heterocycles. The molecular formula is C12H18O4. The quantitative estimate of drug-likeness (QED) is 0.682. The zero-order valence-corrected chi connectivity index (χ0v) is 9.44. The molecule has 0 aromatic rings. The van der Waals surface area contributed by atoms with Crippen molar-refractivity contribution in [1.29, 1.82) is 0 Å². The van der Waals surface area contributed by atoms with Gasteiger partial charge in [0.2, 0.25) is 0 Å². The maximum Gasteiger partial charge on any atom is 0.308 e. The first-order chi connectivity index (χ1) is 7.69. The van der Waals surface area contributed by atoms with Crippen LogP contribution in [0.3, 0.4) is 0 Å². The number of hydrogen-bond donors (Lipinski definition) is 0. The molecule has 90 valence electrons. The van der Waals surface area contributed by atoms with Crippen LogP contribution in [0.1, 0.15) is 25.7 Å². The second-order valence-corrected chi connectivity index (χ2v) is 3.88. The van der Waals surface area contributed by atoms with Crippen LogP contribution in [0.25, 0.3) is 0 Å². The van der Waals surface area contributed by atoms with E-state index in [4.69, 9.17) is 9.47 Å². The van der Waals surface area contributed by atoms with Crippen LogP contribution >= 0.6 is 0 Å². The maximum absolute atomic E-state index is 11.4. The summed E-state index contributed by atoms with van der Waals surface area (Å²) >= 11 is 0. The molecule has 4 heteroatoms. The Kier molecular flexibility index (Phi) is 5.29. The Morgan fingerprint density at radius 2 is 1.19 bits per heavy atom. The molecule has 0 unspecified atom stereocenters. The smallest absolute Gasteiger partial charge is 0.308 e. The molecule has 0 atom stereocenters. The molecule has 4 nitrogen and oxygen atoms in total. The van der Waals surface area contributed by atoms with E-state index < -0.39 is 0 Å². The molecule has 16 heavy (non-hydrogen) atoms. The highest BCUT2D eigenvalue weighted by molar-refractivity contribution is 5.75. The molecule has 1 aliphatic carbocycles. The van der Waals surface area contributed by atoms with Crippen LogP contribution in [-0.2, 0) is 19.1 Å². The van der Waals surface area contributed by atoms with Crippen LogP contribution in [0.2, 0.25) is 0 Å². The Bertz CT molecular complexity index is 215. The maximum atomic E-state index is 11.4. The van der Waals surface area contributed by atoms with Crippen LogP contribution in [0.4, 0.5) is 0 Å². The fraction of sp³-hybridized carbons (Fsp3) is 0.667. The largest absolute Gasteiger partial charge is 0.465 e. The van der Waals surface area contributed by atoms with Crippen molar-refractivity contribution in [2.45, 2.75) is 25.7 Å². The van der Waals surface area contributed by atoms with Crippen LogP contribution < -0.4 is 0 Å². The van der Waals surface area contributed by atoms with Gasteiger partial charge in [-0.05, 0) is 39.5 Å². The lowest BCUT2D eigenvalue weighted by Crippen LogP contribution is -2.28. The van der Waals surface area contributed by atoms with E-state index in [0.29, 0.717) is 25.7 Å². The van der Waals surface area contributed by atoms with Crippen LogP contribution in [-0.4, -0.2) is 25.2 Å². The molecule has 0 heterocycles. The summed E-state index contributed by atoms with van der Waals surface area (Å²) in [6.45, 7) is 7.27. The van der Waals surface area contributed by atoms with Crippen LogP contribution in [0.5, 0.6) is 0 Å². The zero-order valence-electron chi connectivity index (χ0n) is 9.44. The van der Waals surface area contributed by atoms with Crippen molar-refractivity contribution in [3.8, 4) is 0 Å². The predicted molar refractivity (Wildman–Crippen MR) is 58.1 cm³/mol. The van der Waals surface area contributed by atoms with Crippen molar-refractivity contribution in [2.24, 2.45) is 11.8 Å². The van der Waals surface area contributed by atoms with E-state index in [2.05, 4.69) is 13.8 Å².